The highest BCUT2D eigenvalue weighted by molar-refractivity contribution is 7.91. The highest BCUT2D eigenvalue weighted by Crippen LogP contribution is 2.38. The number of benzene rings is 2. The molecule has 2 aromatic carbocycles. The number of hydrogen-bond donors (Lipinski definition) is 0. The van der Waals surface area contributed by atoms with Crippen molar-refractivity contribution < 1.29 is 27.4 Å². The van der Waals surface area contributed by atoms with Crippen LogP contribution in [0.2, 0.25) is 10.0 Å². The summed E-state index contributed by atoms with van der Waals surface area (Å²) in [6, 6.07) is 10.9. The molecule has 10 heteroatoms. The van der Waals surface area contributed by atoms with Gasteiger partial charge in [-0.2, -0.15) is 0 Å². The van der Waals surface area contributed by atoms with Gasteiger partial charge in [-0.25, -0.2) is 8.42 Å². The third-order valence-corrected chi connectivity index (χ3v) is 8.73. The van der Waals surface area contributed by atoms with Crippen molar-refractivity contribution in [1.29, 1.82) is 0 Å². The molecule has 1 aliphatic rings. The highest BCUT2D eigenvalue weighted by Gasteiger charge is 2.28. The SMILES string of the molecule is CC(=O)CCCOCCOCCOCCCS(=O)(=O)c1cccc(C2CN(C)Cc3c(Cl)cc(Cl)cc32)c1. The van der Waals surface area contributed by atoms with Crippen LogP contribution in [0, 0.1) is 0 Å². The van der Waals surface area contributed by atoms with E-state index in [0.717, 1.165) is 36.2 Å². The van der Waals surface area contributed by atoms with Gasteiger partial charge in [0.1, 0.15) is 5.78 Å². The molecule has 0 fully saturated rings. The number of ketones is 1. The van der Waals surface area contributed by atoms with Crippen molar-refractivity contribution in [2.75, 3.05) is 59.0 Å². The average Bonchev–Trinajstić information content (AvgIpc) is 2.87. The standard InChI is InChI=1S/C28H37Cl2NO6S/c1-21(32)6-4-9-35-11-13-37-14-12-36-10-5-15-38(33,34)24-8-3-7-22(16-24)26-19-31(2)20-27-25(26)17-23(29)18-28(27)30/h3,7-8,16-18,26H,4-6,9-15,19-20H2,1-2H3. The zero-order valence-corrected chi connectivity index (χ0v) is 24.4. The van der Waals surface area contributed by atoms with E-state index in [2.05, 4.69) is 4.90 Å². The van der Waals surface area contributed by atoms with E-state index in [0.29, 0.717) is 67.4 Å². The lowest BCUT2D eigenvalue weighted by Gasteiger charge is -2.33. The quantitative estimate of drug-likeness (QED) is 0.252. The zero-order chi connectivity index (χ0) is 27.5. The second-order valence-electron chi connectivity index (χ2n) is 9.59. The summed E-state index contributed by atoms with van der Waals surface area (Å²) in [5.74, 6) is 0.146. The number of carbonyl (C=O) groups is 1. The number of rotatable bonds is 16. The Labute approximate surface area is 236 Å². The lowest BCUT2D eigenvalue weighted by atomic mass is 9.85. The molecular formula is C28H37Cl2NO6S. The topological polar surface area (TPSA) is 82.1 Å². The van der Waals surface area contributed by atoms with Crippen molar-refractivity contribution >= 4 is 38.8 Å². The van der Waals surface area contributed by atoms with Gasteiger partial charge in [-0.05, 0) is 67.8 Å². The Balaban J connectivity index is 1.43. The second-order valence-corrected chi connectivity index (χ2v) is 12.5. The van der Waals surface area contributed by atoms with Crippen LogP contribution in [0.1, 0.15) is 48.8 Å². The number of hydrogen-bond acceptors (Lipinski definition) is 7. The molecule has 1 unspecified atom stereocenters. The molecule has 0 saturated carbocycles. The Morgan fingerprint density at radius 2 is 1.63 bits per heavy atom. The van der Waals surface area contributed by atoms with Crippen molar-refractivity contribution in [3.63, 3.8) is 0 Å². The summed E-state index contributed by atoms with van der Waals surface area (Å²) >= 11 is 12.8. The normalized spacial score (nSPS) is 15.9. The number of ether oxygens (including phenoxy) is 3. The maximum Gasteiger partial charge on any atom is 0.178 e. The third-order valence-electron chi connectivity index (χ3n) is 6.38. The molecule has 0 spiro atoms. The first-order valence-electron chi connectivity index (χ1n) is 12.9. The van der Waals surface area contributed by atoms with Crippen LogP contribution in [0.25, 0.3) is 0 Å². The molecule has 0 bridgehead atoms. The van der Waals surface area contributed by atoms with Gasteiger partial charge in [0.05, 0.1) is 37.1 Å². The minimum atomic E-state index is -3.46. The van der Waals surface area contributed by atoms with Gasteiger partial charge in [0.25, 0.3) is 0 Å². The molecular weight excluding hydrogens is 549 g/mol. The van der Waals surface area contributed by atoms with Gasteiger partial charge in [-0.15, -0.1) is 0 Å². The Bertz CT molecular complexity index is 1170. The number of nitrogens with zero attached hydrogens (tertiary/aromatic N) is 1. The van der Waals surface area contributed by atoms with E-state index < -0.39 is 9.84 Å². The molecule has 0 radical (unpaired) electrons. The van der Waals surface area contributed by atoms with Crippen molar-refractivity contribution in [3.05, 3.63) is 63.1 Å². The number of halogens is 2. The monoisotopic (exact) mass is 585 g/mol. The van der Waals surface area contributed by atoms with Crippen molar-refractivity contribution in [2.24, 2.45) is 0 Å². The van der Waals surface area contributed by atoms with Gasteiger partial charge in [-0.1, -0.05) is 35.3 Å². The Hall–Kier alpha value is -1.52. The molecule has 0 N–H and O–H groups in total. The van der Waals surface area contributed by atoms with Gasteiger partial charge in [-0.3, -0.25) is 0 Å². The average molecular weight is 587 g/mol. The lowest BCUT2D eigenvalue weighted by Crippen LogP contribution is -2.31. The van der Waals surface area contributed by atoms with Crippen LogP contribution < -0.4 is 0 Å². The van der Waals surface area contributed by atoms with E-state index in [1.54, 1.807) is 31.2 Å². The molecule has 0 aromatic heterocycles. The number of Topliss-reactive ketones (excluding diaryl/α,β-unsaturated/α-hetero) is 1. The van der Waals surface area contributed by atoms with E-state index in [1.807, 2.05) is 19.2 Å². The molecule has 1 atom stereocenters. The molecule has 0 amide bonds. The molecule has 7 nitrogen and oxygen atoms in total. The number of carbonyl (C=O) groups excluding carboxylic acids is 1. The van der Waals surface area contributed by atoms with Crippen molar-refractivity contribution in [2.45, 2.75) is 43.5 Å². The van der Waals surface area contributed by atoms with Gasteiger partial charge in [0.2, 0.25) is 0 Å². The summed E-state index contributed by atoms with van der Waals surface area (Å²) in [5, 5.41) is 1.21. The van der Waals surface area contributed by atoms with Crippen LogP contribution in [-0.4, -0.2) is 78.1 Å². The fourth-order valence-electron chi connectivity index (χ4n) is 4.49. The summed E-state index contributed by atoms with van der Waals surface area (Å²) in [6.07, 6.45) is 1.65. The van der Waals surface area contributed by atoms with Crippen molar-refractivity contribution in [1.82, 2.24) is 4.90 Å². The minimum Gasteiger partial charge on any atom is -0.379 e. The van der Waals surface area contributed by atoms with Crippen molar-refractivity contribution in [3.8, 4) is 0 Å². The van der Waals surface area contributed by atoms with Crippen LogP contribution in [0.5, 0.6) is 0 Å². The fraction of sp³-hybridized carbons (Fsp3) is 0.536. The maximum atomic E-state index is 13.0. The van der Waals surface area contributed by atoms with Crippen LogP contribution >= 0.6 is 23.2 Å². The van der Waals surface area contributed by atoms with Gasteiger partial charge in [0.15, 0.2) is 9.84 Å². The molecule has 0 aliphatic carbocycles. The predicted molar refractivity (Wildman–Crippen MR) is 150 cm³/mol. The summed E-state index contributed by atoms with van der Waals surface area (Å²) < 4.78 is 42.4. The minimum absolute atomic E-state index is 0.00419. The first-order valence-corrected chi connectivity index (χ1v) is 15.3. The molecule has 0 saturated heterocycles. The van der Waals surface area contributed by atoms with Gasteiger partial charge >= 0.3 is 0 Å². The highest BCUT2D eigenvalue weighted by atomic mass is 35.5. The number of sulfone groups is 1. The van der Waals surface area contributed by atoms with Gasteiger partial charge in [0, 0.05) is 48.7 Å². The molecule has 1 aliphatic heterocycles. The first kappa shape index (κ1) is 31.0. The number of likely N-dealkylation sites (N-methyl/N-ethyl adjacent to an activating group) is 1. The summed E-state index contributed by atoms with van der Waals surface area (Å²) in [6.45, 7) is 5.64. The van der Waals surface area contributed by atoms with E-state index in [-0.39, 0.29) is 17.5 Å². The lowest BCUT2D eigenvalue weighted by molar-refractivity contribution is -0.117. The summed E-state index contributed by atoms with van der Waals surface area (Å²) in [5.41, 5.74) is 3.00. The first-order chi connectivity index (χ1) is 18.2. The van der Waals surface area contributed by atoms with E-state index in [4.69, 9.17) is 37.4 Å². The van der Waals surface area contributed by atoms with E-state index >= 15 is 0 Å². The molecule has 2 aromatic rings. The second kappa shape index (κ2) is 15.3. The van der Waals surface area contributed by atoms with Crippen LogP contribution in [0.15, 0.2) is 41.3 Å². The zero-order valence-electron chi connectivity index (χ0n) is 22.1. The Morgan fingerprint density at radius 3 is 2.32 bits per heavy atom. The smallest absolute Gasteiger partial charge is 0.178 e. The molecule has 38 heavy (non-hydrogen) atoms. The summed E-state index contributed by atoms with van der Waals surface area (Å²) in [7, 11) is -1.43. The fourth-order valence-corrected chi connectivity index (χ4v) is 6.39. The third kappa shape index (κ3) is 9.59. The molecule has 3 rings (SSSR count). The molecule has 1 heterocycles. The van der Waals surface area contributed by atoms with Crippen LogP contribution in [0.4, 0.5) is 0 Å². The number of fused-ring (bicyclic) bond motifs is 1. The largest absolute Gasteiger partial charge is 0.379 e. The van der Waals surface area contributed by atoms with Crippen LogP contribution in [0.3, 0.4) is 0 Å². The molecule has 210 valence electrons. The Kier molecular flexibility index (Phi) is 12.5. The summed E-state index contributed by atoms with van der Waals surface area (Å²) in [4.78, 5) is 13.3. The predicted octanol–water partition coefficient (Wildman–Crippen LogP) is 5.15. The van der Waals surface area contributed by atoms with Gasteiger partial charge < -0.3 is 23.9 Å². The Morgan fingerprint density at radius 1 is 0.974 bits per heavy atom. The maximum absolute atomic E-state index is 13.0. The van der Waals surface area contributed by atoms with E-state index in [9.17, 15) is 13.2 Å². The van der Waals surface area contributed by atoms with E-state index in [1.165, 1.54) is 0 Å². The van der Waals surface area contributed by atoms with Crippen LogP contribution in [-0.2, 0) is 35.4 Å².